The lowest BCUT2D eigenvalue weighted by molar-refractivity contribution is -0.120. The Morgan fingerprint density at radius 3 is 2.59 bits per heavy atom. The van der Waals surface area contributed by atoms with Crippen molar-refractivity contribution in [2.75, 3.05) is 5.32 Å². The van der Waals surface area contributed by atoms with Crippen LogP contribution in [-0.2, 0) is 9.59 Å². The molecule has 2 amide bonds. The minimum Gasteiger partial charge on any atom is -0.439 e. The molecule has 0 radical (unpaired) electrons. The molecule has 6 nitrogen and oxygen atoms in total. The van der Waals surface area contributed by atoms with Crippen LogP contribution in [0.3, 0.4) is 0 Å². The predicted octanol–water partition coefficient (Wildman–Crippen LogP) is 4.76. The SMILES string of the molecule is CC(=O)NC(CC(=O)Nc1ccc(Oc2ccc(C)c(C)c2)nc1)c1cccs1. The number of nitrogens with zero attached hydrogens (tertiary/aromatic N) is 1. The van der Waals surface area contributed by atoms with Crippen LogP contribution in [0, 0.1) is 13.8 Å². The average molecular weight is 410 g/mol. The van der Waals surface area contributed by atoms with Gasteiger partial charge in [-0.2, -0.15) is 0 Å². The van der Waals surface area contributed by atoms with Gasteiger partial charge in [0.2, 0.25) is 17.7 Å². The van der Waals surface area contributed by atoms with Crippen molar-refractivity contribution in [3.63, 3.8) is 0 Å². The molecule has 0 spiro atoms. The van der Waals surface area contributed by atoms with E-state index in [0.29, 0.717) is 17.3 Å². The Kier molecular flexibility index (Phi) is 6.61. The van der Waals surface area contributed by atoms with E-state index in [1.807, 2.05) is 49.6 Å². The molecule has 150 valence electrons. The Morgan fingerprint density at radius 1 is 1.14 bits per heavy atom. The summed E-state index contributed by atoms with van der Waals surface area (Å²) in [6.45, 7) is 5.51. The topological polar surface area (TPSA) is 80.3 Å². The number of nitrogens with one attached hydrogen (secondary N) is 2. The van der Waals surface area contributed by atoms with Crippen molar-refractivity contribution in [1.29, 1.82) is 0 Å². The molecule has 0 saturated heterocycles. The Labute approximate surface area is 173 Å². The first-order valence-corrected chi connectivity index (χ1v) is 10.1. The van der Waals surface area contributed by atoms with Gasteiger partial charge in [-0.1, -0.05) is 12.1 Å². The normalized spacial score (nSPS) is 11.6. The van der Waals surface area contributed by atoms with Gasteiger partial charge in [0.05, 0.1) is 24.3 Å². The molecule has 0 aliphatic heterocycles. The fraction of sp³-hybridized carbons (Fsp3) is 0.227. The number of ether oxygens (including phenoxy) is 1. The number of pyridine rings is 1. The number of rotatable bonds is 7. The van der Waals surface area contributed by atoms with Crippen LogP contribution in [0.25, 0.3) is 0 Å². The Morgan fingerprint density at radius 2 is 1.97 bits per heavy atom. The number of hydrogen-bond acceptors (Lipinski definition) is 5. The Balaban J connectivity index is 1.60. The first-order chi connectivity index (χ1) is 13.9. The molecule has 2 aromatic heterocycles. The highest BCUT2D eigenvalue weighted by Crippen LogP contribution is 2.24. The van der Waals surface area contributed by atoms with E-state index in [1.54, 1.807) is 18.3 Å². The summed E-state index contributed by atoms with van der Waals surface area (Å²) in [4.78, 5) is 29.1. The van der Waals surface area contributed by atoms with Crippen LogP contribution in [0.15, 0.2) is 54.0 Å². The quantitative estimate of drug-likeness (QED) is 0.590. The van der Waals surface area contributed by atoms with E-state index in [1.165, 1.54) is 23.8 Å². The number of benzene rings is 1. The third-order valence-corrected chi connectivity index (χ3v) is 5.36. The summed E-state index contributed by atoms with van der Waals surface area (Å²) < 4.78 is 5.76. The van der Waals surface area contributed by atoms with Gasteiger partial charge in [-0.3, -0.25) is 9.59 Å². The molecule has 2 N–H and O–H groups in total. The number of aryl methyl sites for hydroxylation is 2. The van der Waals surface area contributed by atoms with E-state index in [-0.39, 0.29) is 24.3 Å². The van der Waals surface area contributed by atoms with E-state index in [9.17, 15) is 9.59 Å². The minimum absolute atomic E-state index is 0.140. The zero-order chi connectivity index (χ0) is 20.8. The Hall–Kier alpha value is -3.19. The summed E-state index contributed by atoms with van der Waals surface area (Å²) in [7, 11) is 0. The van der Waals surface area contributed by atoms with Crippen molar-refractivity contribution >= 4 is 28.8 Å². The third kappa shape index (κ3) is 5.89. The van der Waals surface area contributed by atoms with E-state index in [0.717, 1.165) is 10.4 Å². The highest BCUT2D eigenvalue weighted by Gasteiger charge is 2.18. The maximum atomic E-state index is 12.4. The number of carbonyl (C=O) groups is 2. The van der Waals surface area contributed by atoms with E-state index < -0.39 is 0 Å². The zero-order valence-electron chi connectivity index (χ0n) is 16.6. The molecule has 1 unspecified atom stereocenters. The van der Waals surface area contributed by atoms with Crippen molar-refractivity contribution in [3.8, 4) is 11.6 Å². The summed E-state index contributed by atoms with van der Waals surface area (Å²) in [6.07, 6.45) is 1.69. The minimum atomic E-state index is -0.354. The molecular weight excluding hydrogens is 386 g/mol. The van der Waals surface area contributed by atoms with Crippen LogP contribution in [0.2, 0.25) is 0 Å². The van der Waals surface area contributed by atoms with Crippen LogP contribution >= 0.6 is 11.3 Å². The molecule has 0 aliphatic rings. The van der Waals surface area contributed by atoms with E-state index >= 15 is 0 Å². The maximum absolute atomic E-state index is 12.4. The molecule has 7 heteroatoms. The average Bonchev–Trinajstić information content (AvgIpc) is 3.20. The van der Waals surface area contributed by atoms with Crippen LogP contribution in [-0.4, -0.2) is 16.8 Å². The lowest BCUT2D eigenvalue weighted by Gasteiger charge is -2.16. The van der Waals surface area contributed by atoms with Gasteiger partial charge in [0.15, 0.2) is 0 Å². The lowest BCUT2D eigenvalue weighted by atomic mass is 10.1. The van der Waals surface area contributed by atoms with Crippen molar-refractivity contribution in [3.05, 3.63) is 70.0 Å². The van der Waals surface area contributed by atoms with Gasteiger partial charge in [0.25, 0.3) is 0 Å². The maximum Gasteiger partial charge on any atom is 0.226 e. The van der Waals surface area contributed by atoms with Gasteiger partial charge < -0.3 is 15.4 Å². The van der Waals surface area contributed by atoms with Gasteiger partial charge in [-0.05, 0) is 54.6 Å². The number of hydrogen-bond donors (Lipinski definition) is 2. The van der Waals surface area contributed by atoms with E-state index in [2.05, 4.69) is 15.6 Å². The van der Waals surface area contributed by atoms with Crippen molar-refractivity contribution in [1.82, 2.24) is 10.3 Å². The van der Waals surface area contributed by atoms with Gasteiger partial charge in [0, 0.05) is 17.9 Å². The summed E-state index contributed by atoms with van der Waals surface area (Å²) in [6, 6.07) is 12.7. The predicted molar refractivity (Wildman–Crippen MR) is 114 cm³/mol. The molecule has 0 bridgehead atoms. The molecule has 2 heterocycles. The molecule has 1 aromatic carbocycles. The summed E-state index contributed by atoms with van der Waals surface area (Å²) >= 11 is 1.50. The number of carbonyl (C=O) groups excluding carboxylic acids is 2. The smallest absolute Gasteiger partial charge is 0.226 e. The van der Waals surface area contributed by atoms with Crippen molar-refractivity contribution in [2.24, 2.45) is 0 Å². The number of amides is 2. The highest BCUT2D eigenvalue weighted by molar-refractivity contribution is 7.10. The highest BCUT2D eigenvalue weighted by atomic mass is 32.1. The molecule has 0 fully saturated rings. The fourth-order valence-corrected chi connectivity index (χ4v) is 3.55. The second-order valence-corrected chi connectivity index (χ2v) is 7.73. The second kappa shape index (κ2) is 9.34. The number of anilines is 1. The molecule has 29 heavy (non-hydrogen) atoms. The monoisotopic (exact) mass is 409 g/mol. The summed E-state index contributed by atoms with van der Waals surface area (Å²) in [5, 5.41) is 7.55. The fourth-order valence-electron chi connectivity index (χ4n) is 2.77. The largest absolute Gasteiger partial charge is 0.439 e. The standard InChI is InChI=1S/C22H23N3O3S/c1-14-6-8-18(11-15(14)2)28-22-9-7-17(13-23-22)25-21(27)12-19(24-16(3)26)20-5-4-10-29-20/h4-11,13,19H,12H2,1-3H3,(H,24,26)(H,25,27). The molecule has 0 saturated carbocycles. The van der Waals surface area contributed by atoms with E-state index in [4.69, 9.17) is 4.74 Å². The van der Waals surface area contributed by atoms with Crippen LogP contribution in [0.1, 0.15) is 35.4 Å². The van der Waals surface area contributed by atoms with Crippen molar-refractivity contribution < 1.29 is 14.3 Å². The van der Waals surface area contributed by atoms with Gasteiger partial charge in [-0.25, -0.2) is 4.98 Å². The molecule has 3 rings (SSSR count). The zero-order valence-corrected chi connectivity index (χ0v) is 17.4. The molecule has 0 aliphatic carbocycles. The lowest BCUT2D eigenvalue weighted by Crippen LogP contribution is -2.29. The molecular formula is C22H23N3O3S. The molecule has 1 atom stereocenters. The summed E-state index contributed by atoms with van der Waals surface area (Å²) in [5.41, 5.74) is 2.91. The number of thiophene rings is 1. The van der Waals surface area contributed by atoms with Crippen LogP contribution in [0.5, 0.6) is 11.6 Å². The molecule has 3 aromatic rings. The van der Waals surface area contributed by atoms with Crippen molar-refractivity contribution in [2.45, 2.75) is 33.2 Å². The first-order valence-electron chi connectivity index (χ1n) is 9.22. The third-order valence-electron chi connectivity index (χ3n) is 4.37. The Bertz CT molecular complexity index is 985. The van der Waals surface area contributed by atoms with Crippen LogP contribution < -0.4 is 15.4 Å². The second-order valence-electron chi connectivity index (χ2n) is 6.75. The number of aromatic nitrogens is 1. The van der Waals surface area contributed by atoms with Gasteiger partial charge in [0.1, 0.15) is 5.75 Å². The van der Waals surface area contributed by atoms with Gasteiger partial charge in [-0.15, -0.1) is 11.3 Å². The van der Waals surface area contributed by atoms with Gasteiger partial charge >= 0.3 is 0 Å². The first kappa shape index (κ1) is 20.5. The summed E-state index contributed by atoms with van der Waals surface area (Å²) in [5.74, 6) is 0.778. The van der Waals surface area contributed by atoms with Crippen LogP contribution in [0.4, 0.5) is 5.69 Å².